The molecular weight excluding hydrogens is 277 g/mol. The van der Waals surface area contributed by atoms with Crippen molar-refractivity contribution >= 4 is 0 Å². The third kappa shape index (κ3) is 4.71. The molecule has 1 N–H and O–H groups in total. The fourth-order valence-electron chi connectivity index (χ4n) is 2.86. The van der Waals surface area contributed by atoms with E-state index in [4.69, 9.17) is 0 Å². The third-order valence-electron chi connectivity index (χ3n) is 3.95. The summed E-state index contributed by atoms with van der Waals surface area (Å²) in [5, 5.41) is 3.41. The van der Waals surface area contributed by atoms with Gasteiger partial charge in [0.1, 0.15) is 0 Å². The van der Waals surface area contributed by atoms with Gasteiger partial charge in [-0.25, -0.2) is 0 Å². The van der Waals surface area contributed by atoms with Gasteiger partial charge in [-0.2, -0.15) is 13.2 Å². The Morgan fingerprint density at radius 2 is 2.14 bits per heavy atom. The average molecular weight is 300 g/mol. The maximum absolute atomic E-state index is 12.7. The lowest BCUT2D eigenvalue weighted by molar-refractivity contribution is -0.137. The zero-order chi connectivity index (χ0) is 15.3. The predicted octanol–water partition coefficient (Wildman–Crippen LogP) is 3.67. The molecule has 0 saturated carbocycles. The van der Waals surface area contributed by atoms with Crippen LogP contribution < -0.4 is 5.32 Å². The van der Waals surface area contributed by atoms with Gasteiger partial charge in [0, 0.05) is 19.1 Å². The Morgan fingerprint density at radius 3 is 2.86 bits per heavy atom. The molecule has 1 saturated heterocycles. The first-order valence-electron chi connectivity index (χ1n) is 7.61. The summed E-state index contributed by atoms with van der Waals surface area (Å²) in [6.45, 7) is 5.61. The first-order valence-corrected chi connectivity index (χ1v) is 7.61. The Labute approximate surface area is 124 Å². The number of rotatable bonds is 6. The Hall–Kier alpha value is -1.07. The molecular formula is C16H23F3N2. The van der Waals surface area contributed by atoms with E-state index in [0.717, 1.165) is 50.5 Å². The minimum Gasteiger partial charge on any atom is -0.315 e. The molecule has 1 aliphatic rings. The number of nitrogens with zero attached hydrogens (tertiary/aromatic N) is 1. The van der Waals surface area contributed by atoms with E-state index in [-0.39, 0.29) is 0 Å². The zero-order valence-corrected chi connectivity index (χ0v) is 12.4. The average Bonchev–Trinajstić information content (AvgIpc) is 2.86. The van der Waals surface area contributed by atoms with Crippen LogP contribution in [0.3, 0.4) is 0 Å². The summed E-state index contributed by atoms with van der Waals surface area (Å²) >= 11 is 0. The molecule has 118 valence electrons. The fourth-order valence-corrected chi connectivity index (χ4v) is 2.86. The first-order chi connectivity index (χ1) is 10.0. The van der Waals surface area contributed by atoms with Crippen molar-refractivity contribution in [1.82, 2.24) is 10.2 Å². The van der Waals surface area contributed by atoms with E-state index in [0.29, 0.717) is 12.6 Å². The molecule has 1 heterocycles. The minimum absolute atomic E-state index is 0.436. The van der Waals surface area contributed by atoms with Crippen molar-refractivity contribution in [1.29, 1.82) is 0 Å². The van der Waals surface area contributed by atoms with Crippen molar-refractivity contribution in [3.8, 4) is 0 Å². The van der Waals surface area contributed by atoms with Crippen LogP contribution >= 0.6 is 0 Å². The second-order valence-corrected chi connectivity index (χ2v) is 5.67. The van der Waals surface area contributed by atoms with Crippen LogP contribution in [-0.2, 0) is 12.7 Å². The maximum atomic E-state index is 12.7. The lowest BCUT2D eigenvalue weighted by Gasteiger charge is -2.25. The smallest absolute Gasteiger partial charge is 0.315 e. The van der Waals surface area contributed by atoms with Gasteiger partial charge in [0.2, 0.25) is 0 Å². The molecule has 1 fully saturated rings. The topological polar surface area (TPSA) is 15.3 Å². The largest absolute Gasteiger partial charge is 0.416 e. The number of alkyl halides is 3. The lowest BCUT2D eigenvalue weighted by atomic mass is 10.1. The Bertz CT molecular complexity index is 445. The molecule has 21 heavy (non-hydrogen) atoms. The summed E-state index contributed by atoms with van der Waals surface area (Å²) in [5.74, 6) is 0. The predicted molar refractivity (Wildman–Crippen MR) is 78.0 cm³/mol. The van der Waals surface area contributed by atoms with Gasteiger partial charge in [-0.15, -0.1) is 0 Å². The highest BCUT2D eigenvalue weighted by Crippen LogP contribution is 2.30. The highest BCUT2D eigenvalue weighted by atomic mass is 19.4. The maximum Gasteiger partial charge on any atom is 0.416 e. The van der Waals surface area contributed by atoms with E-state index in [9.17, 15) is 13.2 Å². The first kappa shape index (κ1) is 16.3. The Balaban J connectivity index is 1.97. The van der Waals surface area contributed by atoms with Crippen LogP contribution in [0.5, 0.6) is 0 Å². The zero-order valence-electron chi connectivity index (χ0n) is 12.4. The van der Waals surface area contributed by atoms with E-state index in [2.05, 4.69) is 17.1 Å². The van der Waals surface area contributed by atoms with Crippen LogP contribution in [0.1, 0.15) is 37.3 Å². The summed E-state index contributed by atoms with van der Waals surface area (Å²) < 4.78 is 38.2. The quantitative estimate of drug-likeness (QED) is 0.806. The molecule has 1 atom stereocenters. The van der Waals surface area contributed by atoms with Crippen molar-refractivity contribution in [2.45, 2.75) is 44.9 Å². The van der Waals surface area contributed by atoms with Gasteiger partial charge >= 0.3 is 6.18 Å². The highest BCUT2D eigenvalue weighted by Gasteiger charge is 2.31. The molecule has 0 aliphatic carbocycles. The van der Waals surface area contributed by atoms with Gasteiger partial charge in [-0.05, 0) is 44.0 Å². The summed E-state index contributed by atoms with van der Waals surface area (Å²) in [5.41, 5.74) is 0.187. The van der Waals surface area contributed by atoms with E-state index < -0.39 is 11.7 Å². The number of nitrogens with one attached hydrogen (secondary N) is 1. The SMILES string of the molecule is CCCNCC1CCCN1Cc1cccc(C(F)(F)F)c1. The van der Waals surface area contributed by atoms with Gasteiger partial charge in [0.05, 0.1) is 5.56 Å². The van der Waals surface area contributed by atoms with E-state index in [1.165, 1.54) is 12.1 Å². The standard InChI is InChI=1S/C16H23F3N2/c1-2-8-20-11-15-7-4-9-21(15)12-13-5-3-6-14(10-13)16(17,18)19/h3,5-6,10,15,20H,2,4,7-9,11-12H2,1H3. The second-order valence-electron chi connectivity index (χ2n) is 5.67. The molecule has 2 nitrogen and oxygen atoms in total. The minimum atomic E-state index is -4.26. The van der Waals surface area contributed by atoms with Crippen LogP contribution in [0.15, 0.2) is 24.3 Å². The van der Waals surface area contributed by atoms with Gasteiger partial charge in [-0.3, -0.25) is 4.90 Å². The number of hydrogen-bond acceptors (Lipinski definition) is 2. The molecule has 0 aromatic heterocycles. The summed E-state index contributed by atoms with van der Waals surface area (Å²) in [6.07, 6.45) is -0.920. The lowest BCUT2D eigenvalue weighted by Crippen LogP contribution is -2.37. The monoisotopic (exact) mass is 300 g/mol. The number of likely N-dealkylation sites (tertiary alicyclic amines) is 1. The van der Waals surface area contributed by atoms with E-state index in [1.807, 2.05) is 0 Å². The molecule has 0 amide bonds. The second kappa shape index (κ2) is 7.27. The Kier molecular flexibility index (Phi) is 5.65. The molecule has 1 aromatic carbocycles. The van der Waals surface area contributed by atoms with Crippen LogP contribution in [0.25, 0.3) is 0 Å². The molecule has 1 aromatic rings. The normalized spacial score (nSPS) is 20.1. The summed E-state index contributed by atoms with van der Waals surface area (Å²) in [6, 6.07) is 6.12. The molecule has 0 bridgehead atoms. The van der Waals surface area contributed by atoms with Gasteiger partial charge < -0.3 is 5.32 Å². The molecule has 2 rings (SSSR count). The van der Waals surface area contributed by atoms with Crippen LogP contribution in [0, 0.1) is 0 Å². The van der Waals surface area contributed by atoms with Crippen molar-refractivity contribution in [2.75, 3.05) is 19.6 Å². The van der Waals surface area contributed by atoms with Crippen LogP contribution in [0.2, 0.25) is 0 Å². The molecule has 1 unspecified atom stereocenters. The molecule has 0 spiro atoms. The van der Waals surface area contributed by atoms with E-state index >= 15 is 0 Å². The van der Waals surface area contributed by atoms with Gasteiger partial charge in [0.25, 0.3) is 0 Å². The molecule has 0 radical (unpaired) electrons. The Morgan fingerprint density at radius 1 is 1.33 bits per heavy atom. The molecule has 1 aliphatic heterocycles. The summed E-state index contributed by atoms with van der Waals surface area (Å²) in [7, 11) is 0. The number of benzene rings is 1. The van der Waals surface area contributed by atoms with Gasteiger partial charge in [0.15, 0.2) is 0 Å². The number of halogens is 3. The molecule has 5 heteroatoms. The van der Waals surface area contributed by atoms with Crippen molar-refractivity contribution in [3.63, 3.8) is 0 Å². The van der Waals surface area contributed by atoms with E-state index in [1.54, 1.807) is 6.07 Å². The number of hydrogen-bond donors (Lipinski definition) is 1. The third-order valence-corrected chi connectivity index (χ3v) is 3.95. The summed E-state index contributed by atoms with van der Waals surface area (Å²) in [4.78, 5) is 2.29. The van der Waals surface area contributed by atoms with Crippen molar-refractivity contribution < 1.29 is 13.2 Å². The van der Waals surface area contributed by atoms with Crippen molar-refractivity contribution in [2.24, 2.45) is 0 Å². The van der Waals surface area contributed by atoms with Crippen LogP contribution in [0.4, 0.5) is 13.2 Å². The van der Waals surface area contributed by atoms with Crippen LogP contribution in [-0.4, -0.2) is 30.6 Å². The van der Waals surface area contributed by atoms with Gasteiger partial charge in [-0.1, -0.05) is 25.1 Å². The van der Waals surface area contributed by atoms with Crippen molar-refractivity contribution in [3.05, 3.63) is 35.4 Å². The fraction of sp³-hybridized carbons (Fsp3) is 0.625. The highest BCUT2D eigenvalue weighted by molar-refractivity contribution is 5.25.